The number of thiophene rings is 1. The molecule has 57 heavy (non-hydrogen) atoms. The van der Waals surface area contributed by atoms with Gasteiger partial charge < -0.3 is 4.42 Å². The van der Waals surface area contributed by atoms with Crippen molar-refractivity contribution in [1.29, 1.82) is 0 Å². The molecule has 6 heteroatoms. The van der Waals surface area contributed by atoms with Crippen molar-refractivity contribution in [3.05, 3.63) is 182 Å². The summed E-state index contributed by atoms with van der Waals surface area (Å²) in [7, 11) is 0. The van der Waals surface area contributed by atoms with Gasteiger partial charge in [-0.05, 0) is 47.0 Å². The molecule has 0 radical (unpaired) electrons. The lowest BCUT2D eigenvalue weighted by Gasteiger charge is -2.13. The fourth-order valence-corrected chi connectivity index (χ4v) is 9.65. The Morgan fingerprint density at radius 1 is 0.386 bits per heavy atom. The van der Waals surface area contributed by atoms with E-state index in [0.29, 0.717) is 17.6 Å². The molecule has 12 rings (SSSR count). The zero-order valence-electron chi connectivity index (χ0n) is 30.4. The molecule has 4 aromatic heterocycles. The third-order valence-corrected chi connectivity index (χ3v) is 12.2. The van der Waals surface area contributed by atoms with Gasteiger partial charge in [0, 0.05) is 58.4 Å². The molecule has 0 unspecified atom stereocenters. The second kappa shape index (κ2) is 12.6. The number of furan rings is 1. The molecular formula is C51H30N4OS. The van der Waals surface area contributed by atoms with Crippen molar-refractivity contribution >= 4 is 75.3 Å². The van der Waals surface area contributed by atoms with E-state index >= 15 is 0 Å². The molecule has 0 bridgehead atoms. The number of hydrogen-bond donors (Lipinski definition) is 0. The summed E-state index contributed by atoms with van der Waals surface area (Å²) in [4.78, 5) is 15.9. The highest BCUT2D eigenvalue weighted by molar-refractivity contribution is 7.26. The molecule has 0 amide bonds. The molecule has 0 saturated heterocycles. The summed E-state index contributed by atoms with van der Waals surface area (Å²) in [6, 6.07) is 63.6. The normalized spacial score (nSPS) is 11.9. The number of benzene rings is 8. The molecule has 8 aromatic carbocycles. The van der Waals surface area contributed by atoms with E-state index in [1.807, 2.05) is 41.7 Å². The van der Waals surface area contributed by atoms with Crippen LogP contribution < -0.4 is 0 Å². The molecule has 4 heterocycles. The molecule has 5 nitrogen and oxygen atoms in total. The molecule has 0 N–H and O–H groups in total. The van der Waals surface area contributed by atoms with Crippen molar-refractivity contribution in [1.82, 2.24) is 19.5 Å². The number of nitrogens with zero attached hydrogens (tertiary/aromatic N) is 4. The van der Waals surface area contributed by atoms with Crippen LogP contribution in [0.3, 0.4) is 0 Å². The number of para-hydroxylation sites is 1. The van der Waals surface area contributed by atoms with Gasteiger partial charge in [0.25, 0.3) is 0 Å². The Balaban J connectivity index is 1.17. The third-order valence-electron chi connectivity index (χ3n) is 11.1. The molecule has 0 fully saturated rings. The second-order valence-corrected chi connectivity index (χ2v) is 15.4. The van der Waals surface area contributed by atoms with E-state index in [-0.39, 0.29) is 0 Å². The number of rotatable bonds is 5. The van der Waals surface area contributed by atoms with Gasteiger partial charge in [-0.1, -0.05) is 152 Å². The minimum absolute atomic E-state index is 0.557. The number of fused-ring (bicyclic) bond motifs is 10. The Bertz CT molecular complexity index is 3510. The van der Waals surface area contributed by atoms with Gasteiger partial charge in [0.05, 0.1) is 11.0 Å². The maximum atomic E-state index is 6.58. The second-order valence-electron chi connectivity index (χ2n) is 14.3. The Morgan fingerprint density at radius 3 is 1.79 bits per heavy atom. The van der Waals surface area contributed by atoms with Gasteiger partial charge >= 0.3 is 0 Å². The summed E-state index contributed by atoms with van der Waals surface area (Å²) in [5.41, 5.74) is 10.0. The van der Waals surface area contributed by atoms with Crippen molar-refractivity contribution < 1.29 is 4.42 Å². The van der Waals surface area contributed by atoms with Crippen LogP contribution >= 0.6 is 11.3 Å². The van der Waals surface area contributed by atoms with Crippen molar-refractivity contribution in [3.8, 4) is 51.0 Å². The number of hydrogen-bond acceptors (Lipinski definition) is 5. The van der Waals surface area contributed by atoms with E-state index in [4.69, 9.17) is 19.4 Å². The molecule has 0 aliphatic heterocycles. The smallest absolute Gasteiger partial charge is 0.238 e. The summed E-state index contributed by atoms with van der Waals surface area (Å²) in [6.45, 7) is 0. The molecule has 12 aromatic rings. The van der Waals surface area contributed by atoms with Crippen LogP contribution in [0.2, 0.25) is 0 Å². The van der Waals surface area contributed by atoms with Gasteiger partial charge in [0.15, 0.2) is 11.6 Å². The van der Waals surface area contributed by atoms with Gasteiger partial charge in [-0.25, -0.2) is 4.98 Å². The summed E-state index contributed by atoms with van der Waals surface area (Å²) in [5.74, 6) is 1.72. The van der Waals surface area contributed by atoms with E-state index < -0.39 is 0 Å². The van der Waals surface area contributed by atoms with E-state index in [1.165, 1.54) is 20.2 Å². The monoisotopic (exact) mass is 746 g/mol. The lowest BCUT2D eigenvalue weighted by atomic mass is 9.99. The molecule has 0 atom stereocenters. The minimum Gasteiger partial charge on any atom is -0.456 e. The highest BCUT2D eigenvalue weighted by Crippen LogP contribution is 2.45. The predicted molar refractivity (Wildman–Crippen MR) is 236 cm³/mol. The third kappa shape index (κ3) is 4.98. The van der Waals surface area contributed by atoms with Crippen LogP contribution in [0.4, 0.5) is 0 Å². The first-order chi connectivity index (χ1) is 28.3. The first kappa shape index (κ1) is 31.9. The molecule has 266 valence electrons. The predicted octanol–water partition coefficient (Wildman–Crippen LogP) is 13.9. The minimum atomic E-state index is 0.557. The highest BCUT2D eigenvalue weighted by Gasteiger charge is 2.24. The van der Waals surface area contributed by atoms with Gasteiger partial charge in [-0.15, -0.1) is 11.3 Å². The van der Waals surface area contributed by atoms with Crippen LogP contribution in [-0.2, 0) is 0 Å². The maximum Gasteiger partial charge on any atom is 0.238 e. The topological polar surface area (TPSA) is 56.7 Å². The Hall–Kier alpha value is -7.41. The molecular weight excluding hydrogens is 717 g/mol. The van der Waals surface area contributed by atoms with Crippen LogP contribution in [0.5, 0.6) is 0 Å². The maximum absolute atomic E-state index is 6.58. The lowest BCUT2D eigenvalue weighted by molar-refractivity contribution is 0.669. The average Bonchev–Trinajstić information content (AvgIpc) is 3.96. The van der Waals surface area contributed by atoms with Crippen molar-refractivity contribution in [2.45, 2.75) is 0 Å². The molecule has 0 aliphatic rings. The van der Waals surface area contributed by atoms with Crippen molar-refractivity contribution in [2.75, 3.05) is 0 Å². The zero-order chi connectivity index (χ0) is 37.5. The van der Waals surface area contributed by atoms with Gasteiger partial charge in [0.2, 0.25) is 5.95 Å². The van der Waals surface area contributed by atoms with Crippen LogP contribution in [0.1, 0.15) is 0 Å². The molecule has 0 spiro atoms. The standard InChI is InChI=1S/C51H30N4OS/c1-4-14-31(15-5-1)35-21-13-24-41-45(35)39-27-26-34(30-42(39)56-41)50-52-49(33-18-8-3-9-19-33)53-51(54-50)55-47-36(32-16-6-2-7-17-32)22-12-23-37(47)38-28-29-44-46(48(38)55)40-20-10-11-25-43(40)57-44/h1-30H. The van der Waals surface area contributed by atoms with E-state index in [9.17, 15) is 0 Å². The van der Waals surface area contributed by atoms with Crippen LogP contribution in [0.15, 0.2) is 186 Å². The number of aromatic nitrogens is 4. The SMILES string of the molecule is c1ccc(-c2nc(-c3ccc4c(c3)oc3cccc(-c5ccccc5)c34)nc(-n3c4c(-c5ccccc5)cccc4c4ccc5sc6ccccc6c5c43)n2)cc1. The molecule has 0 saturated carbocycles. The summed E-state index contributed by atoms with van der Waals surface area (Å²) in [5, 5.41) is 6.86. The Kier molecular flexibility index (Phi) is 7.03. The first-order valence-corrected chi connectivity index (χ1v) is 19.8. The van der Waals surface area contributed by atoms with Gasteiger partial charge in [0.1, 0.15) is 11.2 Å². The fourth-order valence-electron chi connectivity index (χ4n) is 8.55. The van der Waals surface area contributed by atoms with Crippen molar-refractivity contribution in [3.63, 3.8) is 0 Å². The summed E-state index contributed by atoms with van der Waals surface area (Å²) >= 11 is 1.82. The highest BCUT2D eigenvalue weighted by atomic mass is 32.1. The largest absolute Gasteiger partial charge is 0.456 e. The quantitative estimate of drug-likeness (QED) is 0.176. The summed E-state index contributed by atoms with van der Waals surface area (Å²) < 4.78 is 11.3. The zero-order valence-corrected chi connectivity index (χ0v) is 31.2. The van der Waals surface area contributed by atoms with E-state index in [0.717, 1.165) is 77.1 Å². The van der Waals surface area contributed by atoms with E-state index in [2.05, 4.69) is 156 Å². The van der Waals surface area contributed by atoms with Crippen LogP contribution in [0.25, 0.3) is 115 Å². The van der Waals surface area contributed by atoms with Crippen molar-refractivity contribution in [2.24, 2.45) is 0 Å². The first-order valence-electron chi connectivity index (χ1n) is 19.0. The van der Waals surface area contributed by atoms with Gasteiger partial charge in [-0.3, -0.25) is 4.57 Å². The summed E-state index contributed by atoms with van der Waals surface area (Å²) in [6.07, 6.45) is 0. The Morgan fingerprint density at radius 2 is 1.00 bits per heavy atom. The van der Waals surface area contributed by atoms with Crippen LogP contribution in [-0.4, -0.2) is 19.5 Å². The lowest BCUT2D eigenvalue weighted by Crippen LogP contribution is -2.07. The Labute approximate surface area is 330 Å². The molecule has 0 aliphatic carbocycles. The van der Waals surface area contributed by atoms with Crippen LogP contribution in [0, 0.1) is 0 Å². The average molecular weight is 747 g/mol. The van der Waals surface area contributed by atoms with Gasteiger partial charge in [-0.2, -0.15) is 9.97 Å². The fraction of sp³-hybridized carbons (Fsp3) is 0. The van der Waals surface area contributed by atoms with E-state index in [1.54, 1.807) is 0 Å².